The van der Waals surface area contributed by atoms with Gasteiger partial charge in [0, 0.05) is 24.2 Å². The number of benzene rings is 3. The summed E-state index contributed by atoms with van der Waals surface area (Å²) in [6, 6.07) is 14.5. The van der Waals surface area contributed by atoms with E-state index < -0.39 is 34.3 Å². The number of ether oxygens (including phenoxy) is 2. The van der Waals surface area contributed by atoms with E-state index in [1.54, 1.807) is 37.3 Å². The fourth-order valence-electron chi connectivity index (χ4n) is 5.69. The van der Waals surface area contributed by atoms with Gasteiger partial charge in [-0.05, 0) is 75.1 Å². The van der Waals surface area contributed by atoms with E-state index in [1.165, 1.54) is 43.4 Å². The number of carbonyl (C=O) groups is 2. The van der Waals surface area contributed by atoms with Gasteiger partial charge in [-0.3, -0.25) is 13.9 Å². The summed E-state index contributed by atoms with van der Waals surface area (Å²) in [5.41, 5.74) is 2.09. The highest BCUT2D eigenvalue weighted by atomic mass is 32.2. The molecule has 0 unspecified atom stereocenters. The van der Waals surface area contributed by atoms with Crippen LogP contribution in [0.1, 0.15) is 55.7 Å². The van der Waals surface area contributed by atoms with Crippen LogP contribution in [0.2, 0.25) is 0 Å². The summed E-state index contributed by atoms with van der Waals surface area (Å²) in [4.78, 5) is 28.8. The summed E-state index contributed by atoms with van der Waals surface area (Å²) in [7, 11) is -1.50. The number of amides is 2. The number of sulfonamides is 1. The van der Waals surface area contributed by atoms with E-state index in [1.807, 2.05) is 19.9 Å². The minimum atomic E-state index is -4.35. The van der Waals surface area contributed by atoms with Crippen molar-refractivity contribution in [2.24, 2.45) is 0 Å². The smallest absolute Gasteiger partial charge is 0.264 e. The van der Waals surface area contributed by atoms with E-state index in [0.29, 0.717) is 5.75 Å². The number of halogens is 1. The predicted octanol–water partition coefficient (Wildman–Crippen LogP) is 5.52. The van der Waals surface area contributed by atoms with Gasteiger partial charge in [0.05, 0.1) is 24.8 Å². The average molecular weight is 640 g/mol. The van der Waals surface area contributed by atoms with Gasteiger partial charge < -0.3 is 19.7 Å². The molecule has 1 aliphatic carbocycles. The molecule has 0 aliphatic heterocycles. The van der Waals surface area contributed by atoms with Gasteiger partial charge in [-0.15, -0.1) is 0 Å². The third-order valence-electron chi connectivity index (χ3n) is 8.13. The standard InChI is InChI=1S/C34H42FN3O6S/c1-23-17-24(2)19-28(18-23)38(45(41,42)29-15-16-31(43-4)32(20-29)44-5)22-33(39)37(21-26-11-9-10-14-30(26)35)25(3)34(40)36-27-12-7-6-8-13-27/h9-11,14-20,25,27H,6-8,12-13,21-22H2,1-5H3,(H,36,40)/t25-/m0/s1. The first-order valence-corrected chi connectivity index (χ1v) is 16.5. The van der Waals surface area contributed by atoms with Crippen LogP contribution < -0.4 is 19.1 Å². The number of nitrogens with one attached hydrogen (secondary N) is 1. The molecule has 1 fully saturated rings. The Morgan fingerprint density at radius 3 is 2.20 bits per heavy atom. The maximum atomic E-state index is 14.8. The van der Waals surface area contributed by atoms with Crippen LogP contribution in [-0.2, 0) is 26.2 Å². The molecule has 0 heterocycles. The highest BCUT2D eigenvalue weighted by Crippen LogP contribution is 2.33. The number of aryl methyl sites for hydroxylation is 2. The van der Waals surface area contributed by atoms with Gasteiger partial charge in [0.2, 0.25) is 11.8 Å². The van der Waals surface area contributed by atoms with E-state index in [4.69, 9.17) is 9.47 Å². The molecule has 1 saturated carbocycles. The van der Waals surface area contributed by atoms with Crippen molar-refractivity contribution < 1.29 is 31.9 Å². The lowest BCUT2D eigenvalue weighted by Crippen LogP contribution is -2.53. The van der Waals surface area contributed by atoms with Gasteiger partial charge in [-0.25, -0.2) is 12.8 Å². The van der Waals surface area contributed by atoms with Crippen LogP contribution in [0.25, 0.3) is 0 Å². The maximum Gasteiger partial charge on any atom is 0.264 e. The van der Waals surface area contributed by atoms with Crippen molar-refractivity contribution in [3.8, 4) is 11.5 Å². The van der Waals surface area contributed by atoms with Crippen molar-refractivity contribution in [2.45, 2.75) is 76.4 Å². The van der Waals surface area contributed by atoms with Crippen LogP contribution in [0.3, 0.4) is 0 Å². The van der Waals surface area contributed by atoms with Gasteiger partial charge >= 0.3 is 0 Å². The molecular formula is C34H42FN3O6S. The van der Waals surface area contributed by atoms with Crippen molar-refractivity contribution in [1.82, 2.24) is 10.2 Å². The SMILES string of the molecule is COc1ccc(S(=O)(=O)N(CC(=O)N(Cc2ccccc2F)[C@@H](C)C(=O)NC2CCCCC2)c2cc(C)cc(C)c2)cc1OC. The highest BCUT2D eigenvalue weighted by Gasteiger charge is 2.34. The van der Waals surface area contributed by atoms with Crippen LogP contribution in [0.5, 0.6) is 11.5 Å². The zero-order chi connectivity index (χ0) is 32.7. The third-order valence-corrected chi connectivity index (χ3v) is 9.90. The molecule has 4 rings (SSSR count). The summed E-state index contributed by atoms with van der Waals surface area (Å²) in [5.74, 6) is -1.00. The average Bonchev–Trinajstić information content (AvgIpc) is 3.02. The number of anilines is 1. The van der Waals surface area contributed by atoms with Crippen LogP contribution in [-0.4, -0.2) is 58.0 Å². The van der Waals surface area contributed by atoms with Crippen molar-refractivity contribution in [3.05, 3.63) is 83.2 Å². The molecular weight excluding hydrogens is 597 g/mol. The molecule has 1 N–H and O–H groups in total. The Hall–Kier alpha value is -4.12. The van der Waals surface area contributed by atoms with Crippen molar-refractivity contribution in [2.75, 3.05) is 25.1 Å². The number of hydrogen-bond donors (Lipinski definition) is 1. The molecule has 0 radical (unpaired) electrons. The first-order chi connectivity index (χ1) is 21.4. The molecule has 11 heteroatoms. The normalized spacial score (nSPS) is 14.4. The Kier molecular flexibility index (Phi) is 11.1. The molecule has 0 bridgehead atoms. The Bertz CT molecular complexity index is 1600. The predicted molar refractivity (Wildman–Crippen MR) is 171 cm³/mol. The van der Waals surface area contributed by atoms with Gasteiger partial charge in [-0.1, -0.05) is 43.5 Å². The molecule has 45 heavy (non-hydrogen) atoms. The zero-order valence-corrected chi connectivity index (χ0v) is 27.3. The molecule has 0 spiro atoms. The van der Waals surface area contributed by atoms with Crippen LogP contribution in [0.15, 0.2) is 65.6 Å². The summed E-state index contributed by atoms with van der Waals surface area (Å²) in [6.45, 7) is 4.40. The molecule has 3 aromatic carbocycles. The number of rotatable bonds is 12. The number of methoxy groups -OCH3 is 2. The van der Waals surface area contributed by atoms with E-state index >= 15 is 0 Å². The lowest BCUT2D eigenvalue weighted by Gasteiger charge is -2.33. The minimum absolute atomic E-state index is 0.00342. The highest BCUT2D eigenvalue weighted by molar-refractivity contribution is 7.92. The second-order valence-electron chi connectivity index (χ2n) is 11.5. The van der Waals surface area contributed by atoms with Crippen molar-refractivity contribution in [1.29, 1.82) is 0 Å². The molecule has 0 saturated heterocycles. The lowest BCUT2D eigenvalue weighted by atomic mass is 9.95. The number of carbonyl (C=O) groups excluding carboxylic acids is 2. The van der Waals surface area contributed by atoms with Gasteiger partial charge in [-0.2, -0.15) is 0 Å². The van der Waals surface area contributed by atoms with E-state index in [9.17, 15) is 22.4 Å². The summed E-state index contributed by atoms with van der Waals surface area (Å²) in [6.07, 6.45) is 4.84. The van der Waals surface area contributed by atoms with E-state index in [-0.39, 0.29) is 40.4 Å². The van der Waals surface area contributed by atoms with Crippen LogP contribution in [0, 0.1) is 19.7 Å². The second kappa shape index (κ2) is 14.8. The molecule has 1 aliphatic rings. The molecule has 242 valence electrons. The Labute approximate surface area is 265 Å². The minimum Gasteiger partial charge on any atom is -0.493 e. The second-order valence-corrected chi connectivity index (χ2v) is 13.4. The number of hydrogen-bond acceptors (Lipinski definition) is 6. The fourth-order valence-corrected chi connectivity index (χ4v) is 7.10. The van der Waals surface area contributed by atoms with Crippen LogP contribution in [0.4, 0.5) is 10.1 Å². The Morgan fingerprint density at radius 1 is 0.933 bits per heavy atom. The number of nitrogens with zero attached hydrogens (tertiary/aromatic N) is 2. The summed E-state index contributed by atoms with van der Waals surface area (Å²) < 4.78 is 55.1. The van der Waals surface area contributed by atoms with E-state index in [0.717, 1.165) is 47.5 Å². The topological polar surface area (TPSA) is 105 Å². The zero-order valence-electron chi connectivity index (χ0n) is 26.5. The molecule has 3 aromatic rings. The van der Waals surface area contributed by atoms with Gasteiger partial charge in [0.25, 0.3) is 10.0 Å². The van der Waals surface area contributed by atoms with Crippen molar-refractivity contribution in [3.63, 3.8) is 0 Å². The third kappa shape index (κ3) is 8.13. The molecule has 9 nitrogen and oxygen atoms in total. The van der Waals surface area contributed by atoms with Crippen molar-refractivity contribution >= 4 is 27.5 Å². The quantitative estimate of drug-likeness (QED) is 0.280. The molecule has 1 atom stereocenters. The fraction of sp³-hybridized carbons (Fsp3) is 0.412. The molecule has 2 amide bonds. The van der Waals surface area contributed by atoms with Crippen LogP contribution >= 0.6 is 0 Å². The Morgan fingerprint density at radius 2 is 1.58 bits per heavy atom. The maximum absolute atomic E-state index is 14.8. The van der Waals surface area contributed by atoms with Gasteiger partial charge in [0.1, 0.15) is 18.4 Å². The Balaban J connectivity index is 1.74. The monoisotopic (exact) mass is 639 g/mol. The largest absolute Gasteiger partial charge is 0.493 e. The first-order valence-electron chi connectivity index (χ1n) is 15.1. The summed E-state index contributed by atoms with van der Waals surface area (Å²) in [5, 5.41) is 3.05. The van der Waals surface area contributed by atoms with Gasteiger partial charge in [0.15, 0.2) is 11.5 Å². The summed E-state index contributed by atoms with van der Waals surface area (Å²) >= 11 is 0. The lowest BCUT2D eigenvalue weighted by molar-refractivity contribution is -0.139. The molecule has 0 aromatic heterocycles. The first kappa shape index (κ1) is 33.8. The van der Waals surface area contributed by atoms with E-state index in [2.05, 4.69) is 5.32 Å².